The van der Waals surface area contributed by atoms with E-state index in [1.54, 1.807) is 12.1 Å². The second-order valence-electron chi connectivity index (χ2n) is 5.54. The summed E-state index contributed by atoms with van der Waals surface area (Å²) in [6.45, 7) is 0. The molecule has 1 N–H and O–H groups in total. The van der Waals surface area contributed by atoms with Crippen molar-refractivity contribution in [3.05, 3.63) is 65.2 Å². The maximum absolute atomic E-state index is 13.7. The van der Waals surface area contributed by atoms with Crippen molar-refractivity contribution >= 4 is 23.7 Å². The van der Waals surface area contributed by atoms with Crippen LogP contribution in [0, 0.1) is 5.82 Å². The number of hydrogen-bond donors (Lipinski definition) is 2. The van der Waals surface area contributed by atoms with Crippen LogP contribution >= 0.6 is 12.6 Å². The number of aromatic amines is 1. The molecule has 7 heteroatoms. The molecule has 0 saturated heterocycles. The maximum Gasteiger partial charge on any atom is 0.416 e. The minimum absolute atomic E-state index is 0.156. The zero-order valence-corrected chi connectivity index (χ0v) is 13.3. The van der Waals surface area contributed by atoms with Crippen LogP contribution in [-0.2, 0) is 12.6 Å². The van der Waals surface area contributed by atoms with E-state index in [1.165, 1.54) is 18.2 Å². The van der Waals surface area contributed by atoms with Gasteiger partial charge in [-0.3, -0.25) is 0 Å². The number of nitrogens with one attached hydrogen (secondary N) is 1. The van der Waals surface area contributed by atoms with Gasteiger partial charge in [-0.2, -0.15) is 25.8 Å². The lowest BCUT2D eigenvalue weighted by atomic mass is 9.99. The molecule has 0 aliphatic rings. The zero-order valence-electron chi connectivity index (χ0n) is 12.4. The number of benzene rings is 2. The number of fused-ring (bicyclic) bond motifs is 1. The highest BCUT2D eigenvalue weighted by Gasteiger charge is 2.30. The summed E-state index contributed by atoms with van der Waals surface area (Å²) in [4.78, 5) is 7.34. The monoisotopic (exact) mass is 354 g/mol. The lowest BCUT2D eigenvalue weighted by molar-refractivity contribution is -0.137. The van der Waals surface area contributed by atoms with E-state index in [9.17, 15) is 17.6 Å². The molecule has 1 atom stereocenters. The van der Waals surface area contributed by atoms with Gasteiger partial charge >= 0.3 is 6.18 Å². The van der Waals surface area contributed by atoms with Gasteiger partial charge in [-0.1, -0.05) is 18.2 Å². The van der Waals surface area contributed by atoms with Gasteiger partial charge in [0.15, 0.2) is 5.82 Å². The number of para-hydroxylation sites is 1. The fourth-order valence-electron chi connectivity index (χ4n) is 2.57. The Bertz CT molecular complexity index is 840. The van der Waals surface area contributed by atoms with Crippen molar-refractivity contribution < 1.29 is 17.6 Å². The molecule has 1 heterocycles. The standard InChI is InChI=1S/C17H14F4N2S/c18-13-2-1-3-14-15(13)23-16(22-14)11(9-24)8-10-4-6-12(7-5-10)17(19,20)21/h1-7,11,24H,8-9H2,(H,22,23)/t11-/m1/s1. The number of hydrogen-bond acceptors (Lipinski definition) is 2. The van der Waals surface area contributed by atoms with E-state index in [1.807, 2.05) is 0 Å². The molecule has 3 rings (SSSR count). The van der Waals surface area contributed by atoms with Crippen molar-refractivity contribution in [1.29, 1.82) is 0 Å². The van der Waals surface area contributed by atoms with Crippen LogP contribution < -0.4 is 0 Å². The number of halogens is 4. The summed E-state index contributed by atoms with van der Waals surface area (Å²) in [5, 5.41) is 0. The first-order valence-corrected chi connectivity index (χ1v) is 7.93. The number of rotatable bonds is 4. The average Bonchev–Trinajstić information content (AvgIpc) is 2.97. The molecule has 0 spiro atoms. The van der Waals surface area contributed by atoms with Crippen molar-refractivity contribution in [2.45, 2.75) is 18.5 Å². The van der Waals surface area contributed by atoms with E-state index in [0.29, 0.717) is 23.5 Å². The van der Waals surface area contributed by atoms with Gasteiger partial charge in [0.1, 0.15) is 11.3 Å². The highest BCUT2D eigenvalue weighted by atomic mass is 32.1. The fourth-order valence-corrected chi connectivity index (χ4v) is 2.87. The first kappa shape index (κ1) is 16.8. The Balaban J connectivity index is 1.84. The molecule has 0 radical (unpaired) electrons. The molecular weight excluding hydrogens is 340 g/mol. The van der Waals surface area contributed by atoms with Crippen molar-refractivity contribution in [2.75, 3.05) is 5.75 Å². The Kier molecular flexibility index (Phi) is 4.54. The molecule has 0 bridgehead atoms. The molecule has 0 amide bonds. The predicted octanol–water partition coefficient (Wildman–Crippen LogP) is 4.98. The van der Waals surface area contributed by atoms with Gasteiger partial charge < -0.3 is 4.98 Å². The Morgan fingerprint density at radius 1 is 1.08 bits per heavy atom. The second-order valence-corrected chi connectivity index (χ2v) is 5.90. The average molecular weight is 354 g/mol. The lowest BCUT2D eigenvalue weighted by Gasteiger charge is -2.13. The van der Waals surface area contributed by atoms with Crippen LogP contribution in [0.1, 0.15) is 22.9 Å². The third-order valence-electron chi connectivity index (χ3n) is 3.85. The van der Waals surface area contributed by atoms with Crippen LogP contribution in [0.2, 0.25) is 0 Å². The normalized spacial score (nSPS) is 13.4. The van der Waals surface area contributed by atoms with Gasteiger partial charge in [-0.05, 0) is 36.2 Å². The van der Waals surface area contributed by atoms with Crippen LogP contribution in [-0.4, -0.2) is 15.7 Å². The number of thiol groups is 1. The Morgan fingerprint density at radius 2 is 1.79 bits per heavy atom. The van der Waals surface area contributed by atoms with E-state index in [0.717, 1.165) is 17.7 Å². The van der Waals surface area contributed by atoms with E-state index in [4.69, 9.17) is 0 Å². The molecule has 0 aliphatic carbocycles. The SMILES string of the molecule is Fc1cccc2[nH]c([C@@H](CS)Cc3ccc(C(F)(F)F)cc3)nc12. The van der Waals surface area contributed by atoms with Crippen LogP contribution in [0.15, 0.2) is 42.5 Å². The van der Waals surface area contributed by atoms with Gasteiger partial charge in [-0.25, -0.2) is 9.37 Å². The second kappa shape index (κ2) is 6.47. The van der Waals surface area contributed by atoms with Gasteiger partial charge in [0.2, 0.25) is 0 Å². The molecular formula is C17H14F4N2S. The summed E-state index contributed by atoms with van der Waals surface area (Å²) in [5.41, 5.74) is 0.901. The van der Waals surface area contributed by atoms with Crippen molar-refractivity contribution in [3.8, 4) is 0 Å². The molecule has 126 valence electrons. The summed E-state index contributed by atoms with van der Waals surface area (Å²) >= 11 is 4.30. The summed E-state index contributed by atoms with van der Waals surface area (Å²) in [7, 11) is 0. The molecule has 0 fully saturated rings. The predicted molar refractivity (Wildman–Crippen MR) is 87.8 cm³/mol. The largest absolute Gasteiger partial charge is 0.416 e. The van der Waals surface area contributed by atoms with E-state index in [2.05, 4.69) is 22.6 Å². The van der Waals surface area contributed by atoms with Crippen molar-refractivity contribution in [3.63, 3.8) is 0 Å². The summed E-state index contributed by atoms with van der Waals surface area (Å²) < 4.78 is 51.6. The van der Waals surface area contributed by atoms with Gasteiger partial charge in [0.05, 0.1) is 11.1 Å². The molecule has 24 heavy (non-hydrogen) atoms. The minimum atomic E-state index is -4.35. The first-order valence-electron chi connectivity index (χ1n) is 7.29. The van der Waals surface area contributed by atoms with Crippen molar-refractivity contribution in [2.24, 2.45) is 0 Å². The lowest BCUT2D eigenvalue weighted by Crippen LogP contribution is -2.08. The molecule has 0 saturated carbocycles. The Labute approximate surface area is 141 Å². The van der Waals surface area contributed by atoms with E-state index >= 15 is 0 Å². The molecule has 0 unspecified atom stereocenters. The number of imidazole rings is 1. The van der Waals surface area contributed by atoms with E-state index in [-0.39, 0.29) is 11.4 Å². The summed E-state index contributed by atoms with van der Waals surface area (Å²) in [6, 6.07) is 9.66. The number of alkyl halides is 3. The summed E-state index contributed by atoms with van der Waals surface area (Å²) in [5.74, 6) is 0.437. The molecule has 1 aromatic heterocycles. The van der Waals surface area contributed by atoms with Gasteiger partial charge in [0, 0.05) is 11.7 Å². The third-order valence-corrected chi connectivity index (χ3v) is 4.29. The Hall–Kier alpha value is -2.02. The smallest absolute Gasteiger partial charge is 0.342 e. The molecule has 2 nitrogen and oxygen atoms in total. The topological polar surface area (TPSA) is 28.7 Å². The van der Waals surface area contributed by atoms with Crippen LogP contribution in [0.3, 0.4) is 0 Å². The van der Waals surface area contributed by atoms with Gasteiger partial charge in [0.25, 0.3) is 0 Å². The number of aromatic nitrogens is 2. The highest BCUT2D eigenvalue weighted by molar-refractivity contribution is 7.80. The summed E-state index contributed by atoms with van der Waals surface area (Å²) in [6.07, 6.45) is -3.89. The van der Waals surface area contributed by atoms with Crippen LogP contribution in [0.25, 0.3) is 11.0 Å². The molecule has 2 aromatic carbocycles. The Morgan fingerprint density at radius 3 is 2.38 bits per heavy atom. The first-order chi connectivity index (χ1) is 11.4. The quantitative estimate of drug-likeness (QED) is 0.502. The third kappa shape index (κ3) is 3.40. The van der Waals surface area contributed by atoms with Crippen molar-refractivity contribution in [1.82, 2.24) is 9.97 Å². The number of nitrogens with zero attached hydrogens (tertiary/aromatic N) is 1. The maximum atomic E-state index is 13.7. The van der Waals surface area contributed by atoms with Crippen LogP contribution in [0.5, 0.6) is 0 Å². The van der Waals surface area contributed by atoms with E-state index < -0.39 is 17.6 Å². The highest BCUT2D eigenvalue weighted by Crippen LogP contribution is 2.30. The molecule has 0 aliphatic heterocycles. The fraction of sp³-hybridized carbons (Fsp3) is 0.235. The number of H-pyrrole nitrogens is 1. The molecule has 3 aromatic rings. The van der Waals surface area contributed by atoms with Crippen LogP contribution in [0.4, 0.5) is 17.6 Å². The minimum Gasteiger partial charge on any atom is -0.342 e. The zero-order chi connectivity index (χ0) is 17.3. The van der Waals surface area contributed by atoms with Gasteiger partial charge in [-0.15, -0.1) is 0 Å².